The molecule has 0 unspecified atom stereocenters. The fraction of sp³-hybridized carbons (Fsp3) is 0.455. The molecule has 2 aromatic heterocycles. The minimum Gasteiger partial charge on any atom is -0.497 e. The van der Waals surface area contributed by atoms with Crippen LogP contribution < -0.4 is 21.5 Å². The summed E-state index contributed by atoms with van der Waals surface area (Å²) in [4.78, 5) is 25.6. The molecule has 4 atom stereocenters. The van der Waals surface area contributed by atoms with E-state index in [9.17, 15) is 9.90 Å². The lowest BCUT2D eigenvalue weighted by atomic mass is 10.0. The zero-order valence-corrected chi connectivity index (χ0v) is 17.9. The highest BCUT2D eigenvalue weighted by molar-refractivity contribution is 5.83. The zero-order valence-electron chi connectivity index (χ0n) is 17.9. The average molecular weight is 438 g/mol. The molecule has 1 aromatic carbocycles. The molecule has 0 aliphatic heterocycles. The van der Waals surface area contributed by atoms with Crippen molar-refractivity contribution < 1.29 is 14.6 Å². The first kappa shape index (κ1) is 20.7. The number of nitrogens with zero attached hydrogens (tertiary/aromatic N) is 4. The summed E-state index contributed by atoms with van der Waals surface area (Å²) in [6.45, 7) is 0.0253. The summed E-state index contributed by atoms with van der Waals surface area (Å²) in [5.74, 6) is 0.890. The monoisotopic (exact) mass is 437 g/mol. The van der Waals surface area contributed by atoms with Gasteiger partial charge in [0.2, 0.25) is 5.91 Å². The molecule has 2 heterocycles. The summed E-state index contributed by atoms with van der Waals surface area (Å²) < 4.78 is 7.17. The predicted molar refractivity (Wildman–Crippen MR) is 118 cm³/mol. The van der Waals surface area contributed by atoms with Gasteiger partial charge in [-0.2, -0.15) is 0 Å². The SMILES string of the molecule is COc1ccc(C[C@H](N)C(=O)N[C@@H]2C[C@]3(CO)C[C@]3(n3cnc4c(N)ncnc43)C2)cc1. The van der Waals surface area contributed by atoms with Crippen molar-refractivity contribution >= 4 is 22.9 Å². The van der Waals surface area contributed by atoms with Crippen molar-refractivity contribution in [1.29, 1.82) is 0 Å². The number of anilines is 1. The van der Waals surface area contributed by atoms with E-state index >= 15 is 0 Å². The Bertz CT molecular complexity index is 1160. The van der Waals surface area contributed by atoms with E-state index in [0.29, 0.717) is 36.2 Å². The molecule has 0 bridgehead atoms. The van der Waals surface area contributed by atoms with Crippen molar-refractivity contribution in [2.45, 2.75) is 43.3 Å². The number of hydrogen-bond acceptors (Lipinski definition) is 8. The molecule has 6 N–H and O–H groups in total. The molecule has 0 spiro atoms. The fourth-order valence-corrected chi connectivity index (χ4v) is 5.41. The topological polar surface area (TPSA) is 154 Å². The number of nitrogens with one attached hydrogen (secondary N) is 1. The van der Waals surface area contributed by atoms with Gasteiger partial charge in [0.05, 0.1) is 31.6 Å². The molecular weight excluding hydrogens is 410 g/mol. The van der Waals surface area contributed by atoms with Crippen molar-refractivity contribution in [3.05, 3.63) is 42.5 Å². The smallest absolute Gasteiger partial charge is 0.237 e. The van der Waals surface area contributed by atoms with E-state index in [1.54, 1.807) is 13.4 Å². The van der Waals surface area contributed by atoms with Gasteiger partial charge in [-0.25, -0.2) is 15.0 Å². The standard InChI is InChI=1S/C22H27N7O3/c1-32-15-4-2-13(3-5-15)6-16(23)20(31)28-14-7-21(10-30)9-22(21,8-14)29-12-27-17-18(24)25-11-26-19(17)29/h2-5,11-12,14,16,30H,6-10,23H2,1H3,(H,28,31)(H2,24,25,26)/t14-,16+,21-,22-/m1/s1. The minimum atomic E-state index is -0.664. The van der Waals surface area contributed by atoms with Crippen LogP contribution in [0.25, 0.3) is 11.2 Å². The summed E-state index contributed by atoms with van der Waals surface area (Å²) in [5.41, 5.74) is 13.6. The third-order valence-electron chi connectivity index (χ3n) is 7.14. The second-order valence-electron chi connectivity index (χ2n) is 8.96. The minimum absolute atomic E-state index is 0.0253. The molecule has 10 heteroatoms. The Labute approximate surface area is 185 Å². The van der Waals surface area contributed by atoms with Crippen LogP contribution in [0, 0.1) is 5.41 Å². The molecule has 1 amide bonds. The molecule has 32 heavy (non-hydrogen) atoms. The Morgan fingerprint density at radius 1 is 1.31 bits per heavy atom. The number of aliphatic hydroxyl groups excluding tert-OH is 1. The average Bonchev–Trinajstić information content (AvgIpc) is 3.09. The molecule has 10 nitrogen and oxygen atoms in total. The predicted octanol–water partition coefficient (Wildman–Crippen LogP) is 0.343. The summed E-state index contributed by atoms with van der Waals surface area (Å²) in [6.07, 6.45) is 5.71. The first-order chi connectivity index (χ1) is 15.4. The number of hydrogen-bond donors (Lipinski definition) is 4. The second-order valence-corrected chi connectivity index (χ2v) is 8.96. The van der Waals surface area contributed by atoms with E-state index < -0.39 is 6.04 Å². The number of nitrogen functional groups attached to an aromatic ring is 1. The summed E-state index contributed by atoms with van der Waals surface area (Å²) in [5, 5.41) is 13.3. The summed E-state index contributed by atoms with van der Waals surface area (Å²) >= 11 is 0. The molecule has 2 saturated carbocycles. The maximum Gasteiger partial charge on any atom is 0.237 e. The van der Waals surface area contributed by atoms with Crippen molar-refractivity contribution in [3.8, 4) is 5.75 Å². The van der Waals surface area contributed by atoms with Crippen molar-refractivity contribution in [1.82, 2.24) is 24.8 Å². The number of rotatable bonds is 7. The summed E-state index contributed by atoms with van der Waals surface area (Å²) in [6, 6.07) is 6.76. The quantitative estimate of drug-likeness (QED) is 0.413. The number of fused-ring (bicyclic) bond motifs is 2. The molecule has 2 fully saturated rings. The lowest BCUT2D eigenvalue weighted by Crippen LogP contribution is -2.46. The number of carbonyl (C=O) groups excluding carboxylic acids is 1. The number of ether oxygens (including phenoxy) is 1. The van der Waals surface area contributed by atoms with Gasteiger partial charge in [-0.1, -0.05) is 12.1 Å². The van der Waals surface area contributed by atoms with Crippen molar-refractivity contribution in [3.63, 3.8) is 0 Å². The zero-order chi connectivity index (χ0) is 22.5. The van der Waals surface area contributed by atoms with Gasteiger partial charge >= 0.3 is 0 Å². The van der Waals surface area contributed by atoms with E-state index in [1.165, 1.54) is 6.33 Å². The Kier molecular flexibility index (Phi) is 4.79. The fourth-order valence-electron chi connectivity index (χ4n) is 5.41. The van der Waals surface area contributed by atoms with Gasteiger partial charge in [0.15, 0.2) is 11.5 Å². The molecule has 0 saturated heterocycles. The van der Waals surface area contributed by atoms with Crippen molar-refractivity contribution in [2.24, 2.45) is 11.1 Å². The molecule has 5 rings (SSSR count). The molecular formula is C22H27N7O3. The number of benzene rings is 1. The Hall–Kier alpha value is -3.24. The van der Waals surface area contributed by atoms with Gasteiger partial charge in [0.1, 0.15) is 17.6 Å². The van der Waals surface area contributed by atoms with E-state index in [0.717, 1.165) is 17.7 Å². The number of nitrogens with two attached hydrogens (primary N) is 2. The second kappa shape index (κ2) is 7.42. The van der Waals surface area contributed by atoms with Crippen LogP contribution in [0.15, 0.2) is 36.9 Å². The maximum atomic E-state index is 12.8. The van der Waals surface area contributed by atoms with Crippen LogP contribution >= 0.6 is 0 Å². The molecule has 2 aliphatic carbocycles. The van der Waals surface area contributed by atoms with E-state index in [4.69, 9.17) is 16.2 Å². The van der Waals surface area contributed by atoms with Crippen LogP contribution in [0.2, 0.25) is 0 Å². The lowest BCUT2D eigenvalue weighted by Gasteiger charge is -2.21. The van der Waals surface area contributed by atoms with Crippen LogP contribution in [-0.2, 0) is 16.8 Å². The van der Waals surface area contributed by atoms with Crippen LogP contribution in [0.5, 0.6) is 5.75 Å². The van der Waals surface area contributed by atoms with Crippen LogP contribution in [0.4, 0.5) is 5.82 Å². The normalized spacial score (nSPS) is 27.2. The Balaban J connectivity index is 1.30. The third-order valence-corrected chi connectivity index (χ3v) is 7.14. The Morgan fingerprint density at radius 2 is 2.09 bits per heavy atom. The highest BCUT2D eigenvalue weighted by atomic mass is 16.5. The van der Waals surface area contributed by atoms with E-state index in [-0.39, 0.29) is 29.5 Å². The van der Waals surface area contributed by atoms with Crippen LogP contribution in [0.3, 0.4) is 0 Å². The first-order valence-electron chi connectivity index (χ1n) is 10.7. The van der Waals surface area contributed by atoms with Gasteiger partial charge in [-0.05, 0) is 43.4 Å². The van der Waals surface area contributed by atoms with Gasteiger partial charge in [0.25, 0.3) is 0 Å². The Morgan fingerprint density at radius 3 is 2.81 bits per heavy atom. The largest absolute Gasteiger partial charge is 0.497 e. The number of imidazole rings is 1. The number of methoxy groups -OCH3 is 1. The molecule has 168 valence electrons. The molecule has 3 aromatic rings. The number of carbonyl (C=O) groups is 1. The van der Waals surface area contributed by atoms with Gasteiger partial charge in [-0.15, -0.1) is 0 Å². The third kappa shape index (κ3) is 3.09. The highest BCUT2D eigenvalue weighted by Gasteiger charge is 2.73. The number of amides is 1. The van der Waals surface area contributed by atoms with E-state index in [2.05, 4.69) is 20.3 Å². The maximum absolute atomic E-state index is 12.8. The molecule has 2 aliphatic rings. The number of aromatic nitrogens is 4. The number of aliphatic hydroxyl groups is 1. The van der Waals surface area contributed by atoms with Gasteiger partial charge in [-0.3, -0.25) is 4.79 Å². The molecule has 0 radical (unpaired) electrons. The van der Waals surface area contributed by atoms with Crippen molar-refractivity contribution in [2.75, 3.05) is 19.5 Å². The van der Waals surface area contributed by atoms with Crippen LogP contribution in [-0.4, -0.2) is 56.3 Å². The van der Waals surface area contributed by atoms with E-state index in [1.807, 2.05) is 28.8 Å². The highest BCUT2D eigenvalue weighted by Crippen LogP contribution is 2.71. The van der Waals surface area contributed by atoms with Crippen LogP contribution in [0.1, 0.15) is 24.8 Å². The lowest BCUT2D eigenvalue weighted by molar-refractivity contribution is -0.123. The van der Waals surface area contributed by atoms with Gasteiger partial charge < -0.3 is 31.2 Å². The first-order valence-corrected chi connectivity index (χ1v) is 10.7. The van der Waals surface area contributed by atoms with Gasteiger partial charge in [0, 0.05) is 11.5 Å². The summed E-state index contributed by atoms with van der Waals surface area (Å²) in [7, 11) is 1.61.